The van der Waals surface area contributed by atoms with Gasteiger partial charge in [0.1, 0.15) is 0 Å². The molecule has 0 aliphatic rings. The summed E-state index contributed by atoms with van der Waals surface area (Å²) in [5, 5.41) is 18.4. The van der Waals surface area contributed by atoms with Crippen molar-refractivity contribution in [2.45, 2.75) is 142 Å². The van der Waals surface area contributed by atoms with Crippen LogP contribution in [-0.2, 0) is 4.74 Å². The quantitative estimate of drug-likeness (QED) is 0.201. The van der Waals surface area contributed by atoms with E-state index < -0.39 is 0 Å². The third-order valence-electron chi connectivity index (χ3n) is 5.51. The van der Waals surface area contributed by atoms with Crippen LogP contribution in [0.4, 0.5) is 0 Å². The third-order valence-corrected chi connectivity index (χ3v) is 5.51. The maximum Gasteiger partial charge on any atom is 0.0579 e. The van der Waals surface area contributed by atoms with Crippen molar-refractivity contribution >= 4 is 0 Å². The largest absolute Gasteiger partial charge is 0.396 e. The van der Waals surface area contributed by atoms with Crippen LogP contribution in [0.1, 0.15) is 129 Å². The summed E-state index contributed by atoms with van der Waals surface area (Å²) in [5.74, 6) is 0. The average Bonchev–Trinajstić information content (AvgIpc) is 2.68. The molecule has 3 nitrogen and oxygen atoms in total. The highest BCUT2D eigenvalue weighted by Gasteiger charge is 2.16. The molecule has 0 aromatic carbocycles. The lowest BCUT2D eigenvalue weighted by Gasteiger charge is -2.25. The Morgan fingerprint density at radius 1 is 0.481 bits per heavy atom. The lowest BCUT2D eigenvalue weighted by Crippen LogP contribution is -2.23. The first-order chi connectivity index (χ1) is 13.3. The second-order valence-corrected chi connectivity index (χ2v) is 8.22. The smallest absolute Gasteiger partial charge is 0.0579 e. The molecule has 164 valence electrons. The molecular formula is C24H50O3. The van der Waals surface area contributed by atoms with Crippen LogP contribution in [0, 0.1) is 0 Å². The van der Waals surface area contributed by atoms with Crippen molar-refractivity contribution in [1.82, 2.24) is 0 Å². The van der Waals surface area contributed by atoms with Crippen LogP contribution in [0.15, 0.2) is 0 Å². The number of hydrogen-bond donors (Lipinski definition) is 2. The van der Waals surface area contributed by atoms with Gasteiger partial charge in [-0.2, -0.15) is 0 Å². The Morgan fingerprint density at radius 2 is 0.815 bits per heavy atom. The van der Waals surface area contributed by atoms with Crippen molar-refractivity contribution in [3.63, 3.8) is 0 Å². The minimum absolute atomic E-state index is 0.259. The van der Waals surface area contributed by atoms with Gasteiger partial charge in [0.05, 0.1) is 12.2 Å². The van der Waals surface area contributed by atoms with E-state index in [-0.39, 0.29) is 25.4 Å². The Morgan fingerprint density at radius 3 is 1.19 bits per heavy atom. The molecule has 0 bridgehead atoms. The molecule has 3 heteroatoms. The molecule has 0 heterocycles. The van der Waals surface area contributed by atoms with Crippen LogP contribution >= 0.6 is 0 Å². The molecule has 0 aliphatic heterocycles. The van der Waals surface area contributed by atoms with Crippen molar-refractivity contribution in [3.05, 3.63) is 0 Å². The first kappa shape index (κ1) is 26.9. The number of aliphatic hydroxyl groups excluding tert-OH is 2. The van der Waals surface area contributed by atoms with Gasteiger partial charge in [0.25, 0.3) is 0 Å². The molecule has 0 saturated carbocycles. The maximum absolute atomic E-state index is 9.21. The van der Waals surface area contributed by atoms with Gasteiger partial charge in [-0.15, -0.1) is 0 Å². The molecule has 0 aliphatic carbocycles. The predicted molar refractivity (Wildman–Crippen MR) is 117 cm³/mol. The summed E-state index contributed by atoms with van der Waals surface area (Å²) in [7, 11) is 0. The fourth-order valence-electron chi connectivity index (χ4n) is 3.78. The summed E-state index contributed by atoms with van der Waals surface area (Å²) < 4.78 is 6.49. The Bertz CT molecular complexity index is 244. The summed E-state index contributed by atoms with van der Waals surface area (Å²) >= 11 is 0. The monoisotopic (exact) mass is 386 g/mol. The number of ether oxygens (including phenoxy) is 1. The SMILES string of the molecule is CCCCCCCCC(CCCO)OC(CCCO)CCCCCCCC. The van der Waals surface area contributed by atoms with E-state index in [1.807, 2.05) is 0 Å². The normalized spacial score (nSPS) is 13.8. The van der Waals surface area contributed by atoms with E-state index in [0.29, 0.717) is 0 Å². The molecule has 0 aromatic rings. The first-order valence-electron chi connectivity index (χ1n) is 12.2. The maximum atomic E-state index is 9.21. The number of aliphatic hydroxyl groups is 2. The van der Waals surface area contributed by atoms with Gasteiger partial charge in [-0.25, -0.2) is 0 Å². The Balaban J connectivity index is 4.20. The highest BCUT2D eigenvalue weighted by atomic mass is 16.5. The van der Waals surface area contributed by atoms with Gasteiger partial charge < -0.3 is 14.9 Å². The lowest BCUT2D eigenvalue weighted by molar-refractivity contribution is -0.0349. The van der Waals surface area contributed by atoms with Gasteiger partial charge in [0, 0.05) is 13.2 Å². The summed E-state index contributed by atoms with van der Waals surface area (Å²) in [6.07, 6.45) is 22.2. The zero-order valence-corrected chi connectivity index (χ0v) is 18.6. The van der Waals surface area contributed by atoms with Gasteiger partial charge in [-0.3, -0.25) is 0 Å². The third kappa shape index (κ3) is 19.0. The standard InChI is InChI=1S/C24H50O3/c1-3-5-7-9-11-13-17-23(19-15-21-25)27-24(20-16-22-26)18-14-12-10-8-6-4-2/h23-26H,3-22H2,1-2H3. The van der Waals surface area contributed by atoms with Gasteiger partial charge in [0.2, 0.25) is 0 Å². The minimum atomic E-state index is 0.259. The average molecular weight is 387 g/mol. The number of hydrogen-bond acceptors (Lipinski definition) is 3. The van der Waals surface area contributed by atoms with E-state index in [1.165, 1.54) is 77.0 Å². The topological polar surface area (TPSA) is 49.7 Å². The second-order valence-electron chi connectivity index (χ2n) is 8.22. The van der Waals surface area contributed by atoms with Gasteiger partial charge in [-0.1, -0.05) is 90.9 Å². The Hall–Kier alpha value is -0.120. The van der Waals surface area contributed by atoms with Gasteiger partial charge in [0.15, 0.2) is 0 Å². The molecule has 0 saturated heterocycles. The predicted octanol–water partition coefficient (Wildman–Crippen LogP) is 6.79. The molecule has 2 unspecified atom stereocenters. The van der Waals surface area contributed by atoms with E-state index in [2.05, 4.69) is 13.8 Å². The van der Waals surface area contributed by atoms with Gasteiger partial charge >= 0.3 is 0 Å². The Labute approximate surface area is 170 Å². The van der Waals surface area contributed by atoms with Crippen LogP contribution in [0.5, 0.6) is 0 Å². The van der Waals surface area contributed by atoms with Crippen molar-refractivity contribution in [1.29, 1.82) is 0 Å². The summed E-state index contributed by atoms with van der Waals surface area (Å²) in [6.45, 7) is 5.04. The highest BCUT2D eigenvalue weighted by Crippen LogP contribution is 2.21. The molecule has 0 rings (SSSR count). The molecule has 0 fully saturated rings. The summed E-state index contributed by atoms with van der Waals surface area (Å²) in [4.78, 5) is 0. The molecule has 27 heavy (non-hydrogen) atoms. The van der Waals surface area contributed by atoms with E-state index in [1.54, 1.807) is 0 Å². The van der Waals surface area contributed by atoms with Crippen LogP contribution in [0.2, 0.25) is 0 Å². The molecular weight excluding hydrogens is 336 g/mol. The van der Waals surface area contributed by atoms with Crippen LogP contribution in [-0.4, -0.2) is 35.6 Å². The van der Waals surface area contributed by atoms with Crippen molar-refractivity contribution in [2.75, 3.05) is 13.2 Å². The van der Waals surface area contributed by atoms with E-state index >= 15 is 0 Å². The Kier molecular flexibility index (Phi) is 22.1. The van der Waals surface area contributed by atoms with Crippen molar-refractivity contribution < 1.29 is 14.9 Å². The molecule has 0 aromatic heterocycles. The fourth-order valence-corrected chi connectivity index (χ4v) is 3.78. The zero-order chi connectivity index (χ0) is 20.0. The van der Waals surface area contributed by atoms with Crippen LogP contribution < -0.4 is 0 Å². The molecule has 0 radical (unpaired) electrons. The first-order valence-corrected chi connectivity index (χ1v) is 12.2. The van der Waals surface area contributed by atoms with Crippen LogP contribution in [0.3, 0.4) is 0 Å². The van der Waals surface area contributed by atoms with Crippen LogP contribution in [0.25, 0.3) is 0 Å². The molecule has 2 N–H and O–H groups in total. The second kappa shape index (κ2) is 22.2. The fraction of sp³-hybridized carbons (Fsp3) is 1.00. The van der Waals surface area contributed by atoms with E-state index in [0.717, 1.165) is 38.5 Å². The van der Waals surface area contributed by atoms with E-state index in [9.17, 15) is 10.2 Å². The number of unbranched alkanes of at least 4 members (excludes halogenated alkanes) is 10. The number of rotatable bonds is 22. The lowest BCUT2D eigenvalue weighted by atomic mass is 10.0. The molecule has 2 atom stereocenters. The van der Waals surface area contributed by atoms with Crippen molar-refractivity contribution in [3.8, 4) is 0 Å². The summed E-state index contributed by atoms with van der Waals surface area (Å²) in [6, 6.07) is 0. The van der Waals surface area contributed by atoms with E-state index in [4.69, 9.17) is 4.74 Å². The highest BCUT2D eigenvalue weighted by molar-refractivity contribution is 4.66. The molecule has 0 amide bonds. The zero-order valence-electron chi connectivity index (χ0n) is 18.6. The van der Waals surface area contributed by atoms with Crippen molar-refractivity contribution in [2.24, 2.45) is 0 Å². The summed E-state index contributed by atoms with van der Waals surface area (Å²) in [5.41, 5.74) is 0. The minimum Gasteiger partial charge on any atom is -0.396 e. The van der Waals surface area contributed by atoms with Gasteiger partial charge in [-0.05, 0) is 38.5 Å². The molecule has 0 spiro atoms.